The van der Waals surface area contributed by atoms with Crippen molar-refractivity contribution in [3.63, 3.8) is 0 Å². The van der Waals surface area contributed by atoms with Crippen molar-refractivity contribution in [1.29, 1.82) is 0 Å². The number of amides is 3. The Kier molecular flexibility index (Phi) is 6.20. The second kappa shape index (κ2) is 9.20. The SMILES string of the molecule is NC(=O)C1CCCN(c2ccc(NC(=O)C3CCN(C(=O)c4ccoc4)CC3)cn2)C1. The second-order valence-corrected chi connectivity index (χ2v) is 8.16. The highest BCUT2D eigenvalue weighted by Gasteiger charge is 2.28. The molecule has 0 spiro atoms. The van der Waals surface area contributed by atoms with Crippen LogP contribution in [0.15, 0.2) is 41.3 Å². The third-order valence-corrected chi connectivity index (χ3v) is 6.08. The summed E-state index contributed by atoms with van der Waals surface area (Å²) < 4.78 is 4.97. The topological polar surface area (TPSA) is 122 Å². The van der Waals surface area contributed by atoms with Gasteiger partial charge < -0.3 is 25.3 Å². The van der Waals surface area contributed by atoms with E-state index in [-0.39, 0.29) is 29.6 Å². The molecule has 4 heterocycles. The minimum Gasteiger partial charge on any atom is -0.472 e. The van der Waals surface area contributed by atoms with Crippen molar-refractivity contribution >= 4 is 29.2 Å². The summed E-state index contributed by atoms with van der Waals surface area (Å²) in [5, 5.41) is 2.93. The van der Waals surface area contributed by atoms with Gasteiger partial charge in [0.25, 0.3) is 5.91 Å². The Morgan fingerprint density at radius 1 is 1.06 bits per heavy atom. The molecule has 2 aliphatic heterocycles. The molecule has 2 saturated heterocycles. The summed E-state index contributed by atoms with van der Waals surface area (Å²) in [5.74, 6) is 0.0780. The quantitative estimate of drug-likeness (QED) is 0.754. The van der Waals surface area contributed by atoms with E-state index in [1.165, 1.54) is 12.5 Å². The number of furan rings is 1. The van der Waals surface area contributed by atoms with Gasteiger partial charge in [0.2, 0.25) is 11.8 Å². The van der Waals surface area contributed by atoms with Crippen LogP contribution in [0.25, 0.3) is 0 Å². The smallest absolute Gasteiger partial charge is 0.257 e. The van der Waals surface area contributed by atoms with Crippen molar-refractivity contribution in [3.8, 4) is 0 Å². The van der Waals surface area contributed by atoms with Gasteiger partial charge in [-0.05, 0) is 43.9 Å². The molecule has 2 fully saturated rings. The van der Waals surface area contributed by atoms with Gasteiger partial charge >= 0.3 is 0 Å². The zero-order chi connectivity index (χ0) is 21.8. The fourth-order valence-electron chi connectivity index (χ4n) is 4.22. The van der Waals surface area contributed by atoms with E-state index in [2.05, 4.69) is 15.2 Å². The second-order valence-electron chi connectivity index (χ2n) is 8.16. The fraction of sp³-hybridized carbons (Fsp3) is 0.455. The van der Waals surface area contributed by atoms with Crippen molar-refractivity contribution in [1.82, 2.24) is 9.88 Å². The zero-order valence-electron chi connectivity index (χ0n) is 17.3. The standard InChI is InChI=1S/C22H27N5O4/c23-20(28)16-2-1-8-27(13-16)19-4-3-18(12-24-19)25-21(29)15-5-9-26(10-6-15)22(30)17-7-11-31-14-17/h3-4,7,11-12,14-16H,1-2,5-6,8-10,13H2,(H2,23,28)(H,25,29). The van der Waals surface area contributed by atoms with E-state index in [1.54, 1.807) is 17.2 Å². The number of hydrogen-bond acceptors (Lipinski definition) is 6. The van der Waals surface area contributed by atoms with Crippen molar-refractivity contribution in [2.75, 3.05) is 36.4 Å². The molecule has 0 bridgehead atoms. The predicted molar refractivity (Wildman–Crippen MR) is 114 cm³/mol. The molecule has 4 rings (SSSR count). The maximum atomic E-state index is 12.7. The minimum absolute atomic E-state index is 0.0586. The number of aromatic nitrogens is 1. The predicted octanol–water partition coefficient (Wildman–Crippen LogP) is 1.87. The summed E-state index contributed by atoms with van der Waals surface area (Å²) in [6.45, 7) is 2.48. The molecule has 3 amide bonds. The van der Waals surface area contributed by atoms with Gasteiger partial charge in [-0.3, -0.25) is 14.4 Å². The van der Waals surface area contributed by atoms with Gasteiger partial charge in [-0.2, -0.15) is 0 Å². The largest absolute Gasteiger partial charge is 0.472 e. The molecule has 0 saturated carbocycles. The summed E-state index contributed by atoms with van der Waals surface area (Å²) in [6.07, 6.45) is 7.50. The zero-order valence-corrected chi connectivity index (χ0v) is 17.3. The van der Waals surface area contributed by atoms with Crippen molar-refractivity contribution in [3.05, 3.63) is 42.5 Å². The van der Waals surface area contributed by atoms with E-state index < -0.39 is 0 Å². The average Bonchev–Trinajstić information content (AvgIpc) is 3.34. The molecule has 9 heteroatoms. The number of piperidine rings is 2. The van der Waals surface area contributed by atoms with E-state index >= 15 is 0 Å². The van der Waals surface area contributed by atoms with Gasteiger partial charge in [0.1, 0.15) is 12.1 Å². The van der Waals surface area contributed by atoms with Gasteiger partial charge in [-0.25, -0.2) is 4.98 Å². The molecule has 0 aliphatic carbocycles. The molecule has 1 unspecified atom stereocenters. The number of nitrogens with one attached hydrogen (secondary N) is 1. The van der Waals surface area contributed by atoms with E-state index in [4.69, 9.17) is 10.2 Å². The number of carbonyl (C=O) groups is 3. The highest BCUT2D eigenvalue weighted by Crippen LogP contribution is 2.24. The maximum absolute atomic E-state index is 12.7. The van der Waals surface area contributed by atoms with Gasteiger partial charge in [-0.15, -0.1) is 0 Å². The molecular weight excluding hydrogens is 398 g/mol. The van der Waals surface area contributed by atoms with Crippen LogP contribution in [0.5, 0.6) is 0 Å². The van der Waals surface area contributed by atoms with Crippen LogP contribution in [0.2, 0.25) is 0 Å². The molecule has 2 aliphatic rings. The van der Waals surface area contributed by atoms with Crippen molar-refractivity contribution in [2.45, 2.75) is 25.7 Å². The van der Waals surface area contributed by atoms with E-state index in [9.17, 15) is 14.4 Å². The lowest BCUT2D eigenvalue weighted by Crippen LogP contribution is -2.41. The first kappa shape index (κ1) is 20.9. The third-order valence-electron chi connectivity index (χ3n) is 6.08. The minimum atomic E-state index is -0.272. The van der Waals surface area contributed by atoms with Crippen LogP contribution >= 0.6 is 0 Å². The monoisotopic (exact) mass is 425 g/mol. The van der Waals surface area contributed by atoms with Gasteiger partial charge in [0.05, 0.1) is 29.6 Å². The van der Waals surface area contributed by atoms with Crippen molar-refractivity contribution < 1.29 is 18.8 Å². The van der Waals surface area contributed by atoms with Crippen LogP contribution in [0.4, 0.5) is 11.5 Å². The van der Waals surface area contributed by atoms with Gasteiger partial charge in [0, 0.05) is 32.1 Å². The van der Waals surface area contributed by atoms with Crippen LogP contribution in [-0.4, -0.2) is 53.8 Å². The van der Waals surface area contributed by atoms with Gasteiger partial charge in [-0.1, -0.05) is 0 Å². The first-order chi connectivity index (χ1) is 15.0. The number of nitrogens with zero attached hydrogens (tertiary/aromatic N) is 3. The Balaban J connectivity index is 1.28. The number of nitrogens with two attached hydrogens (primary N) is 1. The van der Waals surface area contributed by atoms with E-state index in [1.807, 2.05) is 12.1 Å². The lowest BCUT2D eigenvalue weighted by molar-refractivity contribution is -0.122. The summed E-state index contributed by atoms with van der Waals surface area (Å²) >= 11 is 0. The number of rotatable bonds is 5. The lowest BCUT2D eigenvalue weighted by Gasteiger charge is -2.32. The Labute approximate surface area is 180 Å². The molecule has 1 atom stereocenters. The molecule has 9 nitrogen and oxygen atoms in total. The number of anilines is 2. The Hall–Kier alpha value is -3.36. The Bertz CT molecular complexity index is 920. The highest BCUT2D eigenvalue weighted by atomic mass is 16.3. The van der Waals surface area contributed by atoms with Crippen LogP contribution < -0.4 is 16.0 Å². The fourth-order valence-corrected chi connectivity index (χ4v) is 4.22. The molecular formula is C22H27N5O4. The summed E-state index contributed by atoms with van der Waals surface area (Å²) in [6, 6.07) is 5.33. The van der Waals surface area contributed by atoms with Crippen LogP contribution in [0.3, 0.4) is 0 Å². The van der Waals surface area contributed by atoms with Crippen LogP contribution in [0.1, 0.15) is 36.0 Å². The number of hydrogen-bond donors (Lipinski definition) is 2. The lowest BCUT2D eigenvalue weighted by atomic mass is 9.95. The molecule has 2 aromatic rings. The Morgan fingerprint density at radius 2 is 1.87 bits per heavy atom. The van der Waals surface area contributed by atoms with Crippen LogP contribution in [0, 0.1) is 11.8 Å². The molecule has 0 radical (unpaired) electrons. The van der Waals surface area contributed by atoms with Crippen molar-refractivity contribution in [2.24, 2.45) is 17.6 Å². The summed E-state index contributed by atoms with van der Waals surface area (Å²) in [4.78, 5) is 44.8. The first-order valence-corrected chi connectivity index (χ1v) is 10.6. The number of carbonyl (C=O) groups excluding carboxylic acids is 3. The van der Waals surface area contributed by atoms with Crippen LogP contribution in [-0.2, 0) is 9.59 Å². The maximum Gasteiger partial charge on any atom is 0.257 e. The van der Waals surface area contributed by atoms with E-state index in [0.29, 0.717) is 43.7 Å². The summed E-state index contributed by atoms with van der Waals surface area (Å²) in [5.41, 5.74) is 6.61. The number of likely N-dealkylation sites (tertiary alicyclic amines) is 1. The third kappa shape index (κ3) is 4.87. The molecule has 2 aromatic heterocycles. The first-order valence-electron chi connectivity index (χ1n) is 10.6. The van der Waals surface area contributed by atoms with Gasteiger partial charge in [0.15, 0.2) is 0 Å². The Morgan fingerprint density at radius 3 is 2.52 bits per heavy atom. The normalized spacial score (nSPS) is 19.8. The molecule has 0 aromatic carbocycles. The molecule has 3 N–H and O–H groups in total. The van der Waals surface area contributed by atoms with E-state index in [0.717, 1.165) is 25.2 Å². The molecule has 164 valence electrons. The average molecular weight is 425 g/mol. The number of pyridine rings is 1. The number of primary amides is 1. The highest BCUT2D eigenvalue weighted by molar-refractivity contribution is 5.95. The molecule has 31 heavy (non-hydrogen) atoms. The summed E-state index contributed by atoms with van der Waals surface area (Å²) in [7, 11) is 0.